The fourth-order valence-electron chi connectivity index (χ4n) is 5.25. The van der Waals surface area contributed by atoms with E-state index in [2.05, 4.69) is 73.5 Å². The van der Waals surface area contributed by atoms with Crippen LogP contribution in [0.3, 0.4) is 0 Å². The molecule has 0 radical (unpaired) electrons. The summed E-state index contributed by atoms with van der Waals surface area (Å²) in [7, 11) is 0. The number of halogens is 1. The number of rotatable bonds is 18. The SMILES string of the molecule is CCCCCCCCCCCCCCOc1cc(NC(=O)Nc2ccccc2C[n+]2ccsc2C)ccc1C(C)(C)C.[Br-]. The predicted molar refractivity (Wildman–Crippen MR) is 179 cm³/mol. The number of aromatic nitrogens is 1. The number of thiazole rings is 1. The molecule has 3 aromatic rings. The molecule has 5 nitrogen and oxygen atoms in total. The van der Waals surface area contributed by atoms with Crippen LogP contribution in [0.1, 0.15) is 121 Å². The molecular weight excluding hydrogens is 618 g/mol. The predicted octanol–water partition coefficient (Wildman–Crippen LogP) is 7.42. The van der Waals surface area contributed by atoms with Crippen LogP contribution < -0.4 is 36.9 Å². The van der Waals surface area contributed by atoms with E-state index < -0.39 is 0 Å². The van der Waals surface area contributed by atoms with Crippen molar-refractivity contribution in [1.29, 1.82) is 0 Å². The number of anilines is 2. The molecular formula is C36H54BrN3O2S. The molecule has 238 valence electrons. The number of para-hydroxylation sites is 1. The molecule has 0 aliphatic carbocycles. The van der Waals surface area contributed by atoms with Gasteiger partial charge in [0.1, 0.15) is 5.75 Å². The third-order valence-corrected chi connectivity index (χ3v) is 8.63. The Balaban J connectivity index is 0.00000645. The molecule has 1 aromatic heterocycles. The smallest absolute Gasteiger partial charge is 0.323 e. The molecule has 3 rings (SSSR count). The van der Waals surface area contributed by atoms with Crippen molar-refractivity contribution in [3.63, 3.8) is 0 Å². The van der Waals surface area contributed by atoms with Crippen molar-refractivity contribution in [3.8, 4) is 5.75 Å². The zero-order chi connectivity index (χ0) is 30.2. The van der Waals surface area contributed by atoms with Crippen LogP contribution in [-0.2, 0) is 12.0 Å². The van der Waals surface area contributed by atoms with E-state index in [-0.39, 0.29) is 28.4 Å². The average molecular weight is 673 g/mol. The van der Waals surface area contributed by atoms with Crippen molar-refractivity contribution in [3.05, 3.63) is 70.2 Å². The Hall–Kier alpha value is -2.38. The largest absolute Gasteiger partial charge is 1.00 e. The minimum absolute atomic E-state index is 0. The van der Waals surface area contributed by atoms with Gasteiger partial charge in [-0.3, -0.25) is 0 Å². The third-order valence-electron chi connectivity index (χ3n) is 7.79. The number of ether oxygens (including phenoxy) is 1. The minimum Gasteiger partial charge on any atom is -1.00 e. The highest BCUT2D eigenvalue weighted by Crippen LogP contribution is 2.34. The van der Waals surface area contributed by atoms with Crippen molar-refractivity contribution in [2.24, 2.45) is 0 Å². The molecule has 0 aliphatic heterocycles. The summed E-state index contributed by atoms with van der Waals surface area (Å²) < 4.78 is 8.50. The molecule has 0 saturated heterocycles. The first-order valence-electron chi connectivity index (χ1n) is 16.1. The molecule has 2 aromatic carbocycles. The highest BCUT2D eigenvalue weighted by atomic mass is 79.9. The fraction of sp³-hybridized carbons (Fsp3) is 0.556. The molecule has 2 N–H and O–H groups in total. The van der Waals surface area contributed by atoms with Gasteiger partial charge in [-0.15, -0.1) is 0 Å². The topological polar surface area (TPSA) is 54.2 Å². The lowest BCUT2D eigenvalue weighted by atomic mass is 9.86. The summed E-state index contributed by atoms with van der Waals surface area (Å²) in [6.45, 7) is 12.4. The molecule has 0 atom stereocenters. The Bertz CT molecular complexity index is 1220. The van der Waals surface area contributed by atoms with Crippen molar-refractivity contribution in [1.82, 2.24) is 0 Å². The highest BCUT2D eigenvalue weighted by molar-refractivity contribution is 7.09. The van der Waals surface area contributed by atoms with Crippen LogP contribution in [0.25, 0.3) is 0 Å². The molecule has 2 amide bonds. The van der Waals surface area contributed by atoms with E-state index >= 15 is 0 Å². The summed E-state index contributed by atoms with van der Waals surface area (Å²) >= 11 is 1.72. The Morgan fingerprint density at radius 3 is 2.09 bits per heavy atom. The first kappa shape index (κ1) is 36.8. The highest BCUT2D eigenvalue weighted by Gasteiger charge is 2.20. The molecule has 0 fully saturated rings. The number of unbranched alkanes of at least 4 members (excludes halogenated alkanes) is 11. The van der Waals surface area contributed by atoms with Crippen molar-refractivity contribution in [2.45, 2.75) is 124 Å². The number of amides is 2. The maximum atomic E-state index is 13.0. The van der Waals surface area contributed by atoms with Crippen LogP contribution in [0.5, 0.6) is 5.75 Å². The van der Waals surface area contributed by atoms with Crippen LogP contribution in [0.4, 0.5) is 16.2 Å². The quantitative estimate of drug-likeness (QED) is 0.109. The Morgan fingerprint density at radius 2 is 1.49 bits per heavy atom. The van der Waals surface area contributed by atoms with Gasteiger partial charge in [0.25, 0.3) is 0 Å². The Kier molecular flexibility index (Phi) is 17.0. The number of carbonyl (C=O) groups excluding carboxylic acids is 1. The number of nitrogens with one attached hydrogen (secondary N) is 2. The summed E-state index contributed by atoms with van der Waals surface area (Å²) in [6, 6.07) is 13.7. The maximum absolute atomic E-state index is 13.0. The third kappa shape index (κ3) is 13.4. The molecule has 0 spiro atoms. The molecule has 0 saturated carbocycles. The molecule has 0 bridgehead atoms. The monoisotopic (exact) mass is 671 g/mol. The van der Waals surface area contributed by atoms with Crippen LogP contribution in [0.2, 0.25) is 0 Å². The first-order valence-corrected chi connectivity index (χ1v) is 17.0. The van der Waals surface area contributed by atoms with Gasteiger partial charge in [-0.05, 0) is 29.5 Å². The van der Waals surface area contributed by atoms with E-state index in [1.54, 1.807) is 11.3 Å². The zero-order valence-corrected chi connectivity index (χ0v) is 29.5. The second-order valence-electron chi connectivity index (χ2n) is 12.5. The van der Waals surface area contributed by atoms with Crippen LogP contribution >= 0.6 is 11.3 Å². The van der Waals surface area contributed by atoms with E-state index in [0.29, 0.717) is 13.2 Å². The van der Waals surface area contributed by atoms with Crippen LogP contribution in [0.15, 0.2) is 54.0 Å². The van der Waals surface area contributed by atoms with Gasteiger partial charge < -0.3 is 32.4 Å². The molecule has 43 heavy (non-hydrogen) atoms. The second-order valence-corrected chi connectivity index (χ2v) is 13.6. The molecule has 1 heterocycles. The van der Waals surface area contributed by atoms with Gasteiger partial charge in [-0.1, -0.05) is 134 Å². The van der Waals surface area contributed by atoms with Gasteiger partial charge in [0.05, 0.1) is 17.7 Å². The van der Waals surface area contributed by atoms with E-state index in [4.69, 9.17) is 4.74 Å². The summed E-state index contributed by atoms with van der Waals surface area (Å²) in [4.78, 5) is 13.0. The molecule has 0 aliphatic rings. The fourth-order valence-corrected chi connectivity index (χ4v) is 5.92. The normalized spacial score (nSPS) is 11.2. The lowest BCUT2D eigenvalue weighted by molar-refractivity contribution is -0.689. The van der Waals surface area contributed by atoms with E-state index in [9.17, 15) is 4.79 Å². The zero-order valence-electron chi connectivity index (χ0n) is 27.1. The van der Waals surface area contributed by atoms with Gasteiger partial charge in [0.15, 0.2) is 12.7 Å². The van der Waals surface area contributed by atoms with E-state index in [1.165, 1.54) is 75.6 Å². The number of aryl methyl sites for hydroxylation is 1. The number of benzene rings is 2. The number of carbonyl (C=O) groups is 1. The number of hydrogen-bond acceptors (Lipinski definition) is 3. The van der Waals surface area contributed by atoms with Crippen molar-refractivity contribution >= 4 is 28.7 Å². The summed E-state index contributed by atoms with van der Waals surface area (Å²) in [5.41, 5.74) is 3.70. The van der Waals surface area contributed by atoms with Gasteiger partial charge in [-0.2, -0.15) is 4.57 Å². The summed E-state index contributed by atoms with van der Waals surface area (Å²) in [6.07, 6.45) is 18.0. The Morgan fingerprint density at radius 1 is 0.860 bits per heavy atom. The van der Waals surface area contributed by atoms with Crippen LogP contribution in [0, 0.1) is 6.92 Å². The van der Waals surface area contributed by atoms with Crippen LogP contribution in [-0.4, -0.2) is 12.6 Å². The summed E-state index contributed by atoms with van der Waals surface area (Å²) in [5, 5.41) is 9.38. The van der Waals surface area contributed by atoms with E-state index in [1.807, 2.05) is 30.3 Å². The Labute approximate surface area is 275 Å². The van der Waals surface area contributed by atoms with Gasteiger partial charge in [0, 0.05) is 24.2 Å². The lowest BCUT2D eigenvalue weighted by Crippen LogP contribution is -3.00. The van der Waals surface area contributed by atoms with Gasteiger partial charge >= 0.3 is 6.03 Å². The standard InChI is InChI=1S/C36H53N3O2S.BrH/c1-6-7-8-9-10-11-12-13-14-15-16-19-25-41-34-27-31(22-23-32(34)36(3,4)5)37-35(40)38-33-21-18-17-20-30(33)28-39-24-26-42-29(39)2;/h17-18,20-24,26-27H,6-16,19,25,28H2,1-5H3,(H-,37,38,40);1H. The number of nitrogens with zero attached hydrogens (tertiary/aromatic N) is 1. The molecule has 0 unspecified atom stereocenters. The second kappa shape index (κ2) is 19.8. The number of urea groups is 1. The van der Waals surface area contributed by atoms with E-state index in [0.717, 1.165) is 34.7 Å². The minimum atomic E-state index is -0.259. The maximum Gasteiger partial charge on any atom is 0.323 e. The van der Waals surface area contributed by atoms with Gasteiger partial charge in [0.2, 0.25) is 5.01 Å². The lowest BCUT2D eigenvalue weighted by Gasteiger charge is -2.23. The average Bonchev–Trinajstić information content (AvgIpc) is 3.35. The first-order chi connectivity index (χ1) is 20.3. The number of hydrogen-bond donors (Lipinski definition) is 2. The van der Waals surface area contributed by atoms with Gasteiger partial charge in [-0.25, -0.2) is 4.79 Å². The summed E-state index contributed by atoms with van der Waals surface area (Å²) in [5.74, 6) is 0.855. The van der Waals surface area contributed by atoms with Crippen molar-refractivity contribution in [2.75, 3.05) is 17.2 Å². The molecule has 7 heteroatoms. The van der Waals surface area contributed by atoms with Crippen molar-refractivity contribution < 1.29 is 31.1 Å².